The second kappa shape index (κ2) is 9.03. The van der Waals surface area contributed by atoms with Crippen molar-refractivity contribution in [2.24, 2.45) is 0 Å². The molecule has 196 valence electrons. The Morgan fingerprint density at radius 1 is 1.19 bits per heavy atom. The molecule has 0 aliphatic carbocycles. The minimum Gasteiger partial charge on any atom is -0.387 e. The second-order valence-electron chi connectivity index (χ2n) is 10.4. The fraction of sp³-hybridized carbons (Fsp3) is 0.520. The summed E-state index contributed by atoms with van der Waals surface area (Å²) in [6.45, 7) is 0.470. The lowest BCUT2D eigenvalue weighted by molar-refractivity contribution is -0.138. The number of fused-ring (bicyclic) bond motifs is 3. The first-order chi connectivity index (χ1) is 17.8. The monoisotopic (exact) mass is 525 g/mol. The van der Waals surface area contributed by atoms with Crippen molar-refractivity contribution in [3.8, 4) is 11.1 Å². The number of aliphatic hydroxyl groups excluding tert-OH is 1. The summed E-state index contributed by atoms with van der Waals surface area (Å²) in [5.74, 6) is -0.428. The maximum Gasteiger partial charge on any atom is 0.248 e. The van der Waals surface area contributed by atoms with Crippen LogP contribution in [0.2, 0.25) is 0 Å². The fourth-order valence-corrected chi connectivity index (χ4v) is 7.53. The van der Waals surface area contributed by atoms with Gasteiger partial charge in [0.15, 0.2) is 15.5 Å². The molecule has 3 saturated heterocycles. The maximum atomic E-state index is 12.9. The molecule has 6 rings (SSSR count). The Morgan fingerprint density at radius 2 is 1.95 bits per heavy atom. The average Bonchev–Trinajstić information content (AvgIpc) is 3.61. The van der Waals surface area contributed by atoms with Crippen molar-refractivity contribution in [1.82, 2.24) is 29.8 Å². The molecule has 4 N–H and O–H groups in total. The highest BCUT2D eigenvalue weighted by atomic mass is 32.2. The summed E-state index contributed by atoms with van der Waals surface area (Å²) in [7, 11) is -3.71. The normalized spacial score (nSPS) is 25.7. The lowest BCUT2D eigenvalue weighted by atomic mass is 9.87. The van der Waals surface area contributed by atoms with Crippen LogP contribution in [0.25, 0.3) is 16.8 Å². The zero-order valence-electron chi connectivity index (χ0n) is 20.7. The topological polar surface area (TPSA) is 156 Å². The first-order valence-corrected chi connectivity index (χ1v) is 14.6. The quantitative estimate of drug-likeness (QED) is 0.448. The van der Waals surface area contributed by atoms with Crippen LogP contribution in [-0.4, -0.2) is 75.4 Å². The molecule has 1 amide bonds. The Morgan fingerprint density at radius 3 is 2.54 bits per heavy atom. The van der Waals surface area contributed by atoms with E-state index >= 15 is 0 Å². The zero-order chi connectivity index (χ0) is 25.9. The summed E-state index contributed by atoms with van der Waals surface area (Å²) in [5, 5.41) is 17.3. The molecule has 0 radical (unpaired) electrons. The predicted molar refractivity (Wildman–Crippen MR) is 136 cm³/mol. The summed E-state index contributed by atoms with van der Waals surface area (Å²) in [4.78, 5) is 23.7. The molecular weight excluding hydrogens is 494 g/mol. The van der Waals surface area contributed by atoms with Crippen LogP contribution < -0.4 is 11.1 Å². The molecule has 3 aliphatic rings. The molecule has 12 heteroatoms. The zero-order valence-corrected chi connectivity index (χ0v) is 21.5. The number of piperidine rings is 1. The van der Waals surface area contributed by atoms with E-state index in [0.29, 0.717) is 24.2 Å². The predicted octanol–water partition coefficient (Wildman–Crippen LogP) is 1.43. The van der Waals surface area contributed by atoms with Crippen molar-refractivity contribution in [2.45, 2.75) is 67.5 Å². The molecule has 6 heterocycles. The van der Waals surface area contributed by atoms with Gasteiger partial charge in [0.25, 0.3) is 0 Å². The molecule has 3 aliphatic heterocycles. The number of rotatable bonds is 5. The van der Waals surface area contributed by atoms with Crippen LogP contribution in [0.5, 0.6) is 0 Å². The number of nitrogens with one attached hydrogen (secondary N) is 1. The van der Waals surface area contributed by atoms with Crippen LogP contribution in [0, 0.1) is 0 Å². The largest absolute Gasteiger partial charge is 0.387 e. The number of aliphatic hydroxyl groups is 1. The van der Waals surface area contributed by atoms with Gasteiger partial charge in [-0.3, -0.25) is 9.78 Å². The van der Waals surface area contributed by atoms with Crippen molar-refractivity contribution in [2.75, 3.05) is 25.1 Å². The molecule has 3 aromatic rings. The molecule has 2 bridgehead atoms. The van der Waals surface area contributed by atoms with Crippen LogP contribution in [0.1, 0.15) is 61.9 Å². The van der Waals surface area contributed by atoms with Crippen LogP contribution in [0.4, 0.5) is 5.82 Å². The van der Waals surface area contributed by atoms with E-state index in [1.54, 1.807) is 17.3 Å². The number of hydrogen-bond acceptors (Lipinski definition) is 9. The van der Waals surface area contributed by atoms with Gasteiger partial charge in [0.2, 0.25) is 5.91 Å². The van der Waals surface area contributed by atoms with E-state index in [2.05, 4.69) is 15.4 Å². The van der Waals surface area contributed by atoms with E-state index < -0.39 is 16.4 Å². The molecular formula is C25H31N7O4S. The van der Waals surface area contributed by atoms with Crippen LogP contribution in [-0.2, 0) is 14.6 Å². The maximum absolute atomic E-state index is 12.9. The molecule has 3 aromatic heterocycles. The minimum atomic E-state index is -3.71. The van der Waals surface area contributed by atoms with E-state index in [4.69, 9.17) is 10.7 Å². The molecule has 3 fully saturated rings. The Bertz CT molecular complexity index is 1450. The highest BCUT2D eigenvalue weighted by Gasteiger charge is 2.45. The Hall–Kier alpha value is -3.09. The number of amides is 1. The molecule has 2 unspecified atom stereocenters. The highest BCUT2D eigenvalue weighted by Crippen LogP contribution is 2.45. The average molecular weight is 526 g/mol. The molecule has 0 saturated carbocycles. The second-order valence-corrected chi connectivity index (χ2v) is 12.4. The lowest BCUT2D eigenvalue weighted by Crippen LogP contribution is -2.47. The number of aromatic nitrogens is 4. The van der Waals surface area contributed by atoms with E-state index in [0.717, 1.165) is 55.3 Å². The smallest absolute Gasteiger partial charge is 0.248 e. The first kappa shape index (κ1) is 24.3. The van der Waals surface area contributed by atoms with Crippen molar-refractivity contribution in [1.29, 1.82) is 0 Å². The molecule has 11 nitrogen and oxygen atoms in total. The molecule has 0 spiro atoms. The van der Waals surface area contributed by atoms with Crippen LogP contribution in [0.15, 0.2) is 29.4 Å². The summed E-state index contributed by atoms with van der Waals surface area (Å²) in [6, 6.07) is 4.14. The van der Waals surface area contributed by atoms with Gasteiger partial charge in [0, 0.05) is 47.6 Å². The Labute approximate surface area is 215 Å². The summed E-state index contributed by atoms with van der Waals surface area (Å²) in [6.07, 6.45) is 9.56. The van der Waals surface area contributed by atoms with E-state index in [9.17, 15) is 18.3 Å². The highest BCUT2D eigenvalue weighted by molar-refractivity contribution is 7.91. The Kier molecular flexibility index (Phi) is 5.92. The van der Waals surface area contributed by atoms with Gasteiger partial charge in [0.05, 0.1) is 17.6 Å². The van der Waals surface area contributed by atoms with Crippen molar-refractivity contribution >= 4 is 27.2 Å². The van der Waals surface area contributed by atoms with Gasteiger partial charge in [-0.1, -0.05) is 6.07 Å². The number of nitrogen functional groups attached to an aromatic ring is 1. The van der Waals surface area contributed by atoms with Crippen molar-refractivity contribution < 1.29 is 18.3 Å². The van der Waals surface area contributed by atoms with Gasteiger partial charge in [-0.2, -0.15) is 9.61 Å². The lowest BCUT2D eigenvalue weighted by Gasteiger charge is -2.39. The third-order valence-electron chi connectivity index (χ3n) is 8.09. The number of anilines is 1. The van der Waals surface area contributed by atoms with Gasteiger partial charge in [-0.25, -0.2) is 13.4 Å². The summed E-state index contributed by atoms with van der Waals surface area (Å²) >= 11 is 0. The SMILES string of the molecule is CS(=O)(=O)c1c(C2C[C@H]3CC[C@@H](C2)N3C(=O)CO)nc2c(-c3ccc(C4CCCN4)nc3)cnn2c1N. The number of pyridine rings is 1. The molecule has 37 heavy (non-hydrogen) atoms. The molecule has 4 atom stereocenters. The van der Waals surface area contributed by atoms with Crippen molar-refractivity contribution in [3.05, 3.63) is 35.9 Å². The number of carbonyl (C=O) groups is 1. The van der Waals surface area contributed by atoms with Gasteiger partial charge in [-0.15, -0.1) is 0 Å². The van der Waals surface area contributed by atoms with Crippen LogP contribution in [0.3, 0.4) is 0 Å². The minimum absolute atomic E-state index is 0.00163. The Balaban J connectivity index is 1.43. The van der Waals surface area contributed by atoms with Gasteiger partial charge >= 0.3 is 0 Å². The first-order valence-electron chi connectivity index (χ1n) is 12.7. The number of sulfone groups is 1. The number of nitrogens with zero attached hydrogens (tertiary/aromatic N) is 5. The number of nitrogens with two attached hydrogens (primary N) is 1. The number of carbonyl (C=O) groups excluding carboxylic acids is 1. The number of hydrogen-bond donors (Lipinski definition) is 3. The fourth-order valence-electron chi connectivity index (χ4n) is 6.48. The van der Waals surface area contributed by atoms with Crippen molar-refractivity contribution in [3.63, 3.8) is 0 Å². The summed E-state index contributed by atoms with van der Waals surface area (Å²) in [5.41, 5.74) is 9.91. The van der Waals surface area contributed by atoms with E-state index in [-0.39, 0.29) is 40.7 Å². The van der Waals surface area contributed by atoms with Gasteiger partial charge in [-0.05, 0) is 51.1 Å². The van der Waals surface area contributed by atoms with Gasteiger partial charge in [0.1, 0.15) is 17.3 Å². The standard InChI is InChI=1S/C25H31N7O4S/c1-37(35,36)23-22(15-9-16-5-6-17(10-15)31(16)21(34)13-33)30-25-18(12-29-32(25)24(23)26)14-4-7-20(28-11-14)19-3-2-8-27-19/h4,7,11-12,15-17,19,27,33H,2-3,5-6,8-10,13,26H2,1H3/t15?,16-,17+,19?. The third-order valence-corrected chi connectivity index (χ3v) is 9.25. The van der Waals surface area contributed by atoms with Gasteiger partial charge < -0.3 is 21.1 Å². The third kappa shape index (κ3) is 4.07. The summed E-state index contributed by atoms with van der Waals surface area (Å²) < 4.78 is 27.2. The van der Waals surface area contributed by atoms with Crippen LogP contribution >= 0.6 is 0 Å². The molecule has 0 aromatic carbocycles. The van der Waals surface area contributed by atoms with E-state index in [1.807, 2.05) is 12.1 Å². The van der Waals surface area contributed by atoms with E-state index in [1.165, 1.54) is 4.52 Å².